The SMILES string of the molecule is Cc1cc(N)c(Cl)cc1NC(C)(C)C1CC1. The van der Waals surface area contributed by atoms with Gasteiger partial charge in [0.05, 0.1) is 10.7 Å². The van der Waals surface area contributed by atoms with Crippen LogP contribution < -0.4 is 11.1 Å². The highest BCUT2D eigenvalue weighted by Crippen LogP contribution is 2.42. The van der Waals surface area contributed by atoms with Gasteiger partial charge in [0, 0.05) is 11.2 Å². The molecule has 0 atom stereocenters. The predicted molar refractivity (Wildman–Crippen MR) is 71.0 cm³/mol. The molecule has 0 spiro atoms. The smallest absolute Gasteiger partial charge is 0.0656 e. The van der Waals surface area contributed by atoms with Gasteiger partial charge < -0.3 is 11.1 Å². The van der Waals surface area contributed by atoms with Crippen LogP contribution in [0.3, 0.4) is 0 Å². The van der Waals surface area contributed by atoms with E-state index in [2.05, 4.69) is 26.1 Å². The van der Waals surface area contributed by atoms with Crippen molar-refractivity contribution in [3.05, 3.63) is 22.7 Å². The Hall–Kier alpha value is -0.890. The van der Waals surface area contributed by atoms with Crippen LogP contribution in [0, 0.1) is 12.8 Å². The monoisotopic (exact) mass is 238 g/mol. The summed E-state index contributed by atoms with van der Waals surface area (Å²) in [5, 5.41) is 4.20. The van der Waals surface area contributed by atoms with Gasteiger partial charge in [-0.3, -0.25) is 0 Å². The van der Waals surface area contributed by atoms with Gasteiger partial charge in [0.2, 0.25) is 0 Å². The highest BCUT2D eigenvalue weighted by Gasteiger charge is 2.37. The lowest BCUT2D eigenvalue weighted by Gasteiger charge is -2.28. The van der Waals surface area contributed by atoms with Gasteiger partial charge in [-0.15, -0.1) is 0 Å². The van der Waals surface area contributed by atoms with E-state index in [0.29, 0.717) is 10.7 Å². The Balaban J connectivity index is 2.23. The summed E-state index contributed by atoms with van der Waals surface area (Å²) in [4.78, 5) is 0. The van der Waals surface area contributed by atoms with E-state index in [1.54, 1.807) is 0 Å². The van der Waals surface area contributed by atoms with E-state index in [0.717, 1.165) is 17.2 Å². The number of nitrogen functional groups attached to an aromatic ring is 1. The molecule has 0 radical (unpaired) electrons. The minimum absolute atomic E-state index is 0.143. The second kappa shape index (κ2) is 3.85. The summed E-state index contributed by atoms with van der Waals surface area (Å²) in [5.41, 5.74) is 8.80. The predicted octanol–water partition coefficient (Wildman–Crippen LogP) is 3.83. The van der Waals surface area contributed by atoms with Crippen LogP contribution in [0.15, 0.2) is 12.1 Å². The molecule has 3 heteroatoms. The van der Waals surface area contributed by atoms with Gasteiger partial charge in [0.1, 0.15) is 0 Å². The van der Waals surface area contributed by atoms with Crippen LogP contribution in [-0.2, 0) is 0 Å². The molecule has 0 heterocycles. The summed E-state index contributed by atoms with van der Waals surface area (Å²) in [7, 11) is 0. The molecule has 1 fully saturated rings. The molecule has 3 N–H and O–H groups in total. The molecular formula is C13H19ClN2. The molecular weight excluding hydrogens is 220 g/mol. The van der Waals surface area contributed by atoms with Gasteiger partial charge in [-0.2, -0.15) is 0 Å². The van der Waals surface area contributed by atoms with E-state index in [4.69, 9.17) is 17.3 Å². The third-order valence-electron chi connectivity index (χ3n) is 3.40. The largest absolute Gasteiger partial charge is 0.398 e. The Morgan fingerprint density at radius 1 is 1.38 bits per heavy atom. The summed E-state index contributed by atoms with van der Waals surface area (Å²) in [6.07, 6.45) is 2.64. The van der Waals surface area contributed by atoms with Crippen LogP contribution >= 0.6 is 11.6 Å². The average molecular weight is 239 g/mol. The van der Waals surface area contributed by atoms with E-state index in [9.17, 15) is 0 Å². The van der Waals surface area contributed by atoms with E-state index in [1.165, 1.54) is 12.8 Å². The van der Waals surface area contributed by atoms with Crippen molar-refractivity contribution in [3.8, 4) is 0 Å². The zero-order chi connectivity index (χ0) is 11.9. The minimum atomic E-state index is 0.143. The second-order valence-corrected chi connectivity index (χ2v) is 5.72. The van der Waals surface area contributed by atoms with Crippen LogP contribution in [0.2, 0.25) is 5.02 Å². The molecule has 0 aromatic heterocycles. The van der Waals surface area contributed by atoms with Crippen molar-refractivity contribution in [3.63, 3.8) is 0 Å². The van der Waals surface area contributed by atoms with Crippen molar-refractivity contribution in [1.82, 2.24) is 0 Å². The lowest BCUT2D eigenvalue weighted by Crippen LogP contribution is -2.33. The number of hydrogen-bond donors (Lipinski definition) is 2. The van der Waals surface area contributed by atoms with Crippen LogP contribution in [0.5, 0.6) is 0 Å². The fraction of sp³-hybridized carbons (Fsp3) is 0.538. The number of halogens is 1. The highest BCUT2D eigenvalue weighted by molar-refractivity contribution is 6.33. The van der Waals surface area contributed by atoms with E-state index in [1.807, 2.05) is 12.1 Å². The summed E-state index contributed by atoms with van der Waals surface area (Å²) in [5.74, 6) is 0.781. The standard InChI is InChI=1S/C13H19ClN2/c1-8-6-11(15)10(14)7-12(8)16-13(2,3)9-4-5-9/h6-7,9,16H,4-5,15H2,1-3H3. The van der Waals surface area contributed by atoms with Gasteiger partial charge in [0.15, 0.2) is 0 Å². The molecule has 16 heavy (non-hydrogen) atoms. The maximum Gasteiger partial charge on any atom is 0.0656 e. The summed E-state index contributed by atoms with van der Waals surface area (Å²) < 4.78 is 0. The van der Waals surface area contributed by atoms with E-state index in [-0.39, 0.29) is 5.54 Å². The fourth-order valence-corrected chi connectivity index (χ4v) is 2.26. The van der Waals surface area contributed by atoms with Gasteiger partial charge in [-0.05, 0) is 57.2 Å². The van der Waals surface area contributed by atoms with Crippen LogP contribution in [0.25, 0.3) is 0 Å². The Bertz CT molecular complexity index is 409. The third kappa shape index (κ3) is 2.27. The first-order chi connectivity index (χ1) is 7.40. The van der Waals surface area contributed by atoms with E-state index < -0.39 is 0 Å². The lowest BCUT2D eigenvalue weighted by atomic mass is 9.97. The summed E-state index contributed by atoms with van der Waals surface area (Å²) in [6.45, 7) is 6.54. The summed E-state index contributed by atoms with van der Waals surface area (Å²) >= 11 is 6.04. The molecule has 2 nitrogen and oxygen atoms in total. The quantitative estimate of drug-likeness (QED) is 0.786. The zero-order valence-corrected chi connectivity index (χ0v) is 10.9. The van der Waals surface area contributed by atoms with E-state index >= 15 is 0 Å². The van der Waals surface area contributed by atoms with Crippen molar-refractivity contribution >= 4 is 23.0 Å². The van der Waals surface area contributed by atoms with Crippen molar-refractivity contribution in [2.45, 2.75) is 39.2 Å². The number of nitrogens with two attached hydrogens (primary N) is 1. The number of hydrogen-bond acceptors (Lipinski definition) is 2. The van der Waals surface area contributed by atoms with Gasteiger partial charge in [0.25, 0.3) is 0 Å². The number of rotatable bonds is 3. The average Bonchev–Trinajstić information content (AvgIpc) is 2.96. The van der Waals surface area contributed by atoms with Crippen LogP contribution in [-0.4, -0.2) is 5.54 Å². The van der Waals surface area contributed by atoms with Crippen molar-refractivity contribution in [2.75, 3.05) is 11.1 Å². The maximum atomic E-state index is 6.04. The van der Waals surface area contributed by atoms with Gasteiger partial charge in [-0.1, -0.05) is 11.6 Å². The lowest BCUT2D eigenvalue weighted by molar-refractivity contribution is 0.494. The van der Waals surface area contributed by atoms with Crippen molar-refractivity contribution in [2.24, 2.45) is 5.92 Å². The first-order valence-corrected chi connectivity index (χ1v) is 6.12. The topological polar surface area (TPSA) is 38.0 Å². The van der Waals surface area contributed by atoms with Gasteiger partial charge >= 0.3 is 0 Å². The Morgan fingerprint density at radius 3 is 2.56 bits per heavy atom. The molecule has 1 aliphatic carbocycles. The zero-order valence-electron chi connectivity index (χ0n) is 10.1. The normalized spacial score (nSPS) is 16.2. The molecule has 0 aliphatic heterocycles. The molecule has 1 aromatic carbocycles. The fourth-order valence-electron chi connectivity index (χ4n) is 2.09. The molecule has 0 amide bonds. The Labute approximate surface area is 102 Å². The second-order valence-electron chi connectivity index (χ2n) is 5.31. The Morgan fingerprint density at radius 2 is 2.00 bits per heavy atom. The first kappa shape index (κ1) is 11.6. The third-order valence-corrected chi connectivity index (χ3v) is 3.73. The minimum Gasteiger partial charge on any atom is -0.398 e. The Kier molecular flexibility index (Phi) is 2.79. The van der Waals surface area contributed by atoms with Crippen molar-refractivity contribution < 1.29 is 0 Å². The maximum absolute atomic E-state index is 6.04. The molecule has 0 unspecified atom stereocenters. The molecule has 1 saturated carbocycles. The molecule has 1 aliphatic rings. The number of anilines is 2. The molecule has 88 valence electrons. The van der Waals surface area contributed by atoms with Gasteiger partial charge in [-0.25, -0.2) is 0 Å². The molecule has 2 rings (SSSR count). The first-order valence-electron chi connectivity index (χ1n) is 5.74. The number of nitrogens with one attached hydrogen (secondary N) is 1. The number of benzene rings is 1. The molecule has 1 aromatic rings. The number of aryl methyl sites for hydroxylation is 1. The van der Waals surface area contributed by atoms with Crippen LogP contribution in [0.1, 0.15) is 32.3 Å². The summed E-state index contributed by atoms with van der Waals surface area (Å²) in [6, 6.07) is 3.85. The van der Waals surface area contributed by atoms with Crippen LogP contribution in [0.4, 0.5) is 11.4 Å². The highest BCUT2D eigenvalue weighted by atomic mass is 35.5. The molecule has 0 bridgehead atoms. The molecule has 0 saturated heterocycles. The van der Waals surface area contributed by atoms with Crippen molar-refractivity contribution in [1.29, 1.82) is 0 Å².